The molecule has 1 aromatic rings. The van der Waals surface area contributed by atoms with E-state index in [0.29, 0.717) is 4.90 Å². The van der Waals surface area contributed by atoms with E-state index in [1.165, 1.54) is 6.07 Å². The average molecular weight is 238 g/mol. The zero-order chi connectivity index (χ0) is 12.3. The van der Waals surface area contributed by atoms with Gasteiger partial charge >= 0.3 is 5.97 Å². The maximum atomic E-state index is 11.8. The molecule has 0 unspecified atom stereocenters. The Morgan fingerprint density at radius 1 is 1.19 bits per heavy atom. The minimum Gasteiger partial charge on any atom is -0.478 e. The van der Waals surface area contributed by atoms with Crippen LogP contribution in [-0.2, 0) is 4.79 Å². The number of aromatic carboxylic acids is 1. The molecule has 4 heteroatoms. The van der Waals surface area contributed by atoms with Gasteiger partial charge in [0.15, 0.2) is 5.12 Å². The number of carbonyl (C=O) groups is 2. The van der Waals surface area contributed by atoms with Crippen LogP contribution in [0.25, 0.3) is 0 Å². The molecule has 0 heterocycles. The molecular formula is C12H14O3S. The molecular weight excluding hydrogens is 224 g/mol. The lowest BCUT2D eigenvalue weighted by Crippen LogP contribution is -2.16. The van der Waals surface area contributed by atoms with Gasteiger partial charge in [0.2, 0.25) is 0 Å². The molecule has 0 saturated heterocycles. The number of hydrogen-bond acceptors (Lipinski definition) is 3. The molecule has 0 atom stereocenters. The fourth-order valence-corrected chi connectivity index (χ4v) is 1.90. The van der Waals surface area contributed by atoms with Crippen molar-refractivity contribution in [1.29, 1.82) is 0 Å². The summed E-state index contributed by atoms with van der Waals surface area (Å²) >= 11 is 0.986. The van der Waals surface area contributed by atoms with E-state index in [9.17, 15) is 9.59 Å². The van der Waals surface area contributed by atoms with E-state index in [2.05, 4.69) is 0 Å². The van der Waals surface area contributed by atoms with Gasteiger partial charge in [0.1, 0.15) is 0 Å². The van der Waals surface area contributed by atoms with Crippen molar-refractivity contribution in [3.63, 3.8) is 0 Å². The lowest BCUT2D eigenvalue weighted by Gasteiger charge is -2.16. The quantitative estimate of drug-likeness (QED) is 0.804. The molecule has 1 N–H and O–H groups in total. The van der Waals surface area contributed by atoms with Gasteiger partial charge in [-0.2, -0.15) is 0 Å². The van der Waals surface area contributed by atoms with Crippen molar-refractivity contribution in [1.82, 2.24) is 0 Å². The lowest BCUT2D eigenvalue weighted by atomic mass is 10.00. The highest BCUT2D eigenvalue weighted by atomic mass is 32.2. The Hall–Kier alpha value is -1.29. The molecule has 0 bridgehead atoms. The summed E-state index contributed by atoms with van der Waals surface area (Å²) in [7, 11) is 0. The Morgan fingerprint density at radius 2 is 1.75 bits per heavy atom. The van der Waals surface area contributed by atoms with Crippen molar-refractivity contribution in [3.8, 4) is 0 Å². The summed E-state index contributed by atoms with van der Waals surface area (Å²) in [6.45, 7) is 5.43. The summed E-state index contributed by atoms with van der Waals surface area (Å²) < 4.78 is 0. The number of thioether (sulfide) groups is 1. The first-order chi connectivity index (χ1) is 7.32. The molecule has 0 aliphatic rings. The van der Waals surface area contributed by atoms with E-state index in [1.807, 2.05) is 20.8 Å². The smallest absolute Gasteiger partial charge is 0.336 e. The number of rotatable bonds is 2. The van der Waals surface area contributed by atoms with E-state index in [0.717, 1.165) is 11.8 Å². The Balaban J connectivity index is 2.98. The first-order valence-electron chi connectivity index (χ1n) is 4.87. The summed E-state index contributed by atoms with van der Waals surface area (Å²) in [6, 6.07) is 6.53. The first-order valence-corrected chi connectivity index (χ1v) is 5.68. The third-order valence-corrected chi connectivity index (χ3v) is 3.31. The van der Waals surface area contributed by atoms with Crippen molar-refractivity contribution < 1.29 is 14.7 Å². The van der Waals surface area contributed by atoms with Gasteiger partial charge in [-0.15, -0.1) is 0 Å². The molecule has 0 aliphatic heterocycles. The molecule has 0 radical (unpaired) electrons. The van der Waals surface area contributed by atoms with Crippen LogP contribution in [-0.4, -0.2) is 16.2 Å². The zero-order valence-corrected chi connectivity index (χ0v) is 10.3. The molecule has 0 fully saturated rings. The molecule has 86 valence electrons. The van der Waals surface area contributed by atoms with Crippen LogP contribution in [0.5, 0.6) is 0 Å². The normalized spacial score (nSPS) is 11.2. The zero-order valence-electron chi connectivity index (χ0n) is 9.48. The van der Waals surface area contributed by atoms with E-state index < -0.39 is 11.4 Å². The lowest BCUT2D eigenvalue weighted by molar-refractivity contribution is -0.117. The molecule has 0 aliphatic carbocycles. The fraction of sp³-hybridized carbons (Fsp3) is 0.333. The second-order valence-electron chi connectivity index (χ2n) is 4.44. The van der Waals surface area contributed by atoms with Gasteiger partial charge in [0.25, 0.3) is 0 Å². The van der Waals surface area contributed by atoms with Crippen LogP contribution in [0.15, 0.2) is 29.2 Å². The number of carbonyl (C=O) groups excluding carboxylic acids is 1. The van der Waals surface area contributed by atoms with Gasteiger partial charge in [-0.1, -0.05) is 44.7 Å². The molecule has 1 rings (SSSR count). The van der Waals surface area contributed by atoms with Crippen LogP contribution >= 0.6 is 11.8 Å². The van der Waals surface area contributed by atoms with E-state index in [-0.39, 0.29) is 10.7 Å². The highest BCUT2D eigenvalue weighted by Gasteiger charge is 2.24. The summed E-state index contributed by atoms with van der Waals surface area (Å²) in [5.74, 6) is -1.01. The molecule has 3 nitrogen and oxygen atoms in total. The third-order valence-electron chi connectivity index (χ3n) is 1.93. The summed E-state index contributed by atoms with van der Waals surface area (Å²) in [5, 5.41) is 8.92. The van der Waals surface area contributed by atoms with Gasteiger partial charge in [0.05, 0.1) is 5.56 Å². The van der Waals surface area contributed by atoms with Crippen LogP contribution in [0.4, 0.5) is 0 Å². The van der Waals surface area contributed by atoms with Crippen LogP contribution < -0.4 is 0 Å². The number of hydrogen-bond donors (Lipinski definition) is 1. The Bertz CT molecular complexity index is 419. The van der Waals surface area contributed by atoms with Crippen LogP contribution in [0, 0.1) is 5.41 Å². The molecule has 0 spiro atoms. The minimum atomic E-state index is -1.01. The summed E-state index contributed by atoms with van der Waals surface area (Å²) in [5.41, 5.74) is -0.305. The molecule has 0 amide bonds. The number of benzene rings is 1. The predicted molar refractivity (Wildman–Crippen MR) is 63.7 cm³/mol. The van der Waals surface area contributed by atoms with Crippen molar-refractivity contribution in [2.24, 2.45) is 5.41 Å². The van der Waals surface area contributed by atoms with Gasteiger partial charge in [-0.05, 0) is 12.1 Å². The highest BCUT2D eigenvalue weighted by Crippen LogP contribution is 2.31. The standard InChI is InChI=1S/C12H14O3S/c1-12(2,3)11(15)16-9-7-5-4-6-8(9)10(13)14/h4-7H,1-3H3,(H,13,14). The van der Waals surface area contributed by atoms with Crippen molar-refractivity contribution in [2.45, 2.75) is 25.7 Å². The Labute approximate surface area is 98.9 Å². The van der Waals surface area contributed by atoms with E-state index in [4.69, 9.17) is 5.11 Å². The van der Waals surface area contributed by atoms with Crippen LogP contribution in [0.1, 0.15) is 31.1 Å². The molecule has 0 aromatic heterocycles. The van der Waals surface area contributed by atoms with Crippen molar-refractivity contribution in [3.05, 3.63) is 29.8 Å². The second kappa shape index (κ2) is 4.70. The highest BCUT2D eigenvalue weighted by molar-refractivity contribution is 8.13. The maximum Gasteiger partial charge on any atom is 0.336 e. The molecule has 1 aromatic carbocycles. The van der Waals surface area contributed by atoms with Gasteiger partial charge in [-0.25, -0.2) is 4.79 Å². The third kappa shape index (κ3) is 3.10. The summed E-state index contributed by atoms with van der Waals surface area (Å²) in [4.78, 5) is 23.2. The van der Waals surface area contributed by atoms with Crippen LogP contribution in [0.3, 0.4) is 0 Å². The van der Waals surface area contributed by atoms with E-state index in [1.54, 1.807) is 18.2 Å². The minimum absolute atomic E-state index is 0.0406. The monoisotopic (exact) mass is 238 g/mol. The summed E-state index contributed by atoms with van der Waals surface area (Å²) in [6.07, 6.45) is 0. The number of carboxylic acids is 1. The first kappa shape index (κ1) is 12.8. The van der Waals surface area contributed by atoms with Crippen molar-refractivity contribution >= 4 is 22.8 Å². The average Bonchev–Trinajstić information content (AvgIpc) is 2.16. The number of carboxylic acid groups (broad SMARTS) is 1. The largest absolute Gasteiger partial charge is 0.478 e. The Morgan fingerprint density at radius 3 is 2.25 bits per heavy atom. The van der Waals surface area contributed by atoms with Gasteiger partial charge in [-0.3, -0.25) is 4.79 Å². The SMILES string of the molecule is CC(C)(C)C(=O)Sc1ccccc1C(=O)O. The Kier molecular flexibility index (Phi) is 3.75. The molecule has 0 saturated carbocycles. The van der Waals surface area contributed by atoms with Crippen molar-refractivity contribution in [2.75, 3.05) is 0 Å². The molecule has 16 heavy (non-hydrogen) atoms. The van der Waals surface area contributed by atoms with Crippen LogP contribution in [0.2, 0.25) is 0 Å². The van der Waals surface area contributed by atoms with E-state index >= 15 is 0 Å². The maximum absolute atomic E-state index is 11.8. The second-order valence-corrected chi connectivity index (χ2v) is 5.46. The van der Waals surface area contributed by atoms with Gasteiger partial charge in [0, 0.05) is 10.3 Å². The predicted octanol–water partition coefficient (Wildman–Crippen LogP) is 3.05. The topological polar surface area (TPSA) is 54.4 Å². The fourth-order valence-electron chi connectivity index (χ4n) is 0.985. The van der Waals surface area contributed by atoms with Gasteiger partial charge < -0.3 is 5.11 Å².